The molecule has 0 bridgehead atoms. The molecule has 0 unspecified atom stereocenters. The zero-order chi connectivity index (χ0) is 15.0. The number of aromatic nitrogens is 1. The van der Waals surface area contributed by atoms with E-state index in [0.717, 1.165) is 36.4 Å². The Morgan fingerprint density at radius 1 is 1.48 bits per heavy atom. The van der Waals surface area contributed by atoms with Crippen LogP contribution in [0.1, 0.15) is 27.3 Å². The Morgan fingerprint density at radius 3 is 2.95 bits per heavy atom. The van der Waals surface area contributed by atoms with Gasteiger partial charge in [0.1, 0.15) is 10.6 Å². The van der Waals surface area contributed by atoms with Crippen molar-refractivity contribution < 1.29 is 9.53 Å². The molecule has 1 aromatic heterocycles. The quantitative estimate of drug-likeness (QED) is 0.926. The van der Waals surface area contributed by atoms with Gasteiger partial charge in [0, 0.05) is 12.2 Å². The molecule has 0 atom stereocenters. The number of anilines is 2. The normalized spacial score (nSPS) is 13.9. The van der Waals surface area contributed by atoms with Crippen LogP contribution in [0.2, 0.25) is 0 Å². The zero-order valence-corrected chi connectivity index (χ0v) is 12.9. The van der Waals surface area contributed by atoms with E-state index in [1.165, 1.54) is 11.3 Å². The van der Waals surface area contributed by atoms with Crippen LogP contribution in [-0.2, 0) is 6.42 Å². The Hall–Kier alpha value is -2.08. The molecule has 110 valence electrons. The Balaban J connectivity index is 1.98. The van der Waals surface area contributed by atoms with Crippen LogP contribution in [0.3, 0.4) is 0 Å². The van der Waals surface area contributed by atoms with E-state index in [-0.39, 0.29) is 5.91 Å². The second-order valence-corrected chi connectivity index (χ2v) is 6.05. The minimum atomic E-state index is -0.0205. The van der Waals surface area contributed by atoms with Crippen molar-refractivity contribution in [1.29, 1.82) is 0 Å². The summed E-state index contributed by atoms with van der Waals surface area (Å²) in [4.78, 5) is 19.3. The number of methoxy groups -OCH3 is 1. The third kappa shape index (κ3) is 2.47. The summed E-state index contributed by atoms with van der Waals surface area (Å²) in [5.74, 6) is 0.800. The van der Waals surface area contributed by atoms with E-state index in [0.29, 0.717) is 15.7 Å². The SMILES string of the molecule is COc1ccc2c(c1)CCCN2C(=O)c1sc(N)nc1C. The van der Waals surface area contributed by atoms with E-state index in [4.69, 9.17) is 10.5 Å². The molecule has 1 aliphatic rings. The summed E-state index contributed by atoms with van der Waals surface area (Å²) >= 11 is 1.25. The average Bonchev–Trinajstić information content (AvgIpc) is 2.84. The second-order valence-electron chi connectivity index (χ2n) is 5.02. The lowest BCUT2D eigenvalue weighted by molar-refractivity contribution is 0.0988. The highest BCUT2D eigenvalue weighted by molar-refractivity contribution is 7.17. The molecule has 2 aromatic rings. The highest BCUT2D eigenvalue weighted by atomic mass is 32.1. The standard InChI is InChI=1S/C15H17N3O2S/c1-9-13(21-15(16)17-9)14(19)18-7-3-4-10-8-11(20-2)5-6-12(10)18/h5-6,8H,3-4,7H2,1-2H3,(H2,16,17). The first kappa shape index (κ1) is 13.9. The minimum absolute atomic E-state index is 0.0205. The summed E-state index contributed by atoms with van der Waals surface area (Å²) in [5.41, 5.74) is 8.50. The van der Waals surface area contributed by atoms with E-state index in [2.05, 4.69) is 4.98 Å². The molecule has 1 amide bonds. The summed E-state index contributed by atoms with van der Waals surface area (Å²) in [6.07, 6.45) is 1.90. The number of fused-ring (bicyclic) bond motifs is 1. The number of aryl methyl sites for hydroxylation is 2. The van der Waals surface area contributed by atoms with Crippen LogP contribution < -0.4 is 15.4 Å². The molecule has 6 heteroatoms. The van der Waals surface area contributed by atoms with E-state index in [9.17, 15) is 4.79 Å². The first-order valence-electron chi connectivity index (χ1n) is 6.82. The Labute approximate surface area is 127 Å². The molecule has 21 heavy (non-hydrogen) atoms. The second kappa shape index (κ2) is 5.37. The Bertz CT molecular complexity index is 696. The molecule has 1 aliphatic heterocycles. The summed E-state index contributed by atoms with van der Waals surface area (Å²) in [7, 11) is 1.65. The van der Waals surface area contributed by atoms with Crippen molar-refractivity contribution >= 4 is 28.1 Å². The molecule has 0 spiro atoms. The van der Waals surface area contributed by atoms with Crippen LogP contribution in [0.5, 0.6) is 5.75 Å². The number of thiazole rings is 1. The monoisotopic (exact) mass is 303 g/mol. The van der Waals surface area contributed by atoms with Crippen LogP contribution in [0.4, 0.5) is 10.8 Å². The third-order valence-corrected chi connectivity index (χ3v) is 4.63. The summed E-state index contributed by atoms with van der Waals surface area (Å²) in [5, 5.41) is 0.433. The number of ether oxygens (including phenoxy) is 1. The highest BCUT2D eigenvalue weighted by Crippen LogP contribution is 2.33. The van der Waals surface area contributed by atoms with Gasteiger partial charge in [-0.15, -0.1) is 0 Å². The third-order valence-electron chi connectivity index (χ3n) is 3.66. The van der Waals surface area contributed by atoms with Gasteiger partial charge in [-0.25, -0.2) is 4.98 Å². The van der Waals surface area contributed by atoms with Gasteiger partial charge in [-0.3, -0.25) is 4.79 Å². The molecule has 0 saturated carbocycles. The van der Waals surface area contributed by atoms with Crippen molar-refractivity contribution in [3.05, 3.63) is 34.3 Å². The van der Waals surface area contributed by atoms with Crippen molar-refractivity contribution in [2.24, 2.45) is 0 Å². The topological polar surface area (TPSA) is 68.5 Å². The lowest BCUT2D eigenvalue weighted by Crippen LogP contribution is -2.35. The Morgan fingerprint density at radius 2 is 2.29 bits per heavy atom. The first-order chi connectivity index (χ1) is 10.1. The predicted octanol–water partition coefficient (Wildman–Crippen LogP) is 2.64. The van der Waals surface area contributed by atoms with Gasteiger partial charge in [-0.2, -0.15) is 0 Å². The summed E-state index contributed by atoms with van der Waals surface area (Å²) < 4.78 is 5.26. The van der Waals surface area contributed by atoms with Gasteiger partial charge >= 0.3 is 0 Å². The fourth-order valence-corrected chi connectivity index (χ4v) is 3.43. The van der Waals surface area contributed by atoms with Crippen molar-refractivity contribution in [2.45, 2.75) is 19.8 Å². The molecule has 0 fully saturated rings. The van der Waals surface area contributed by atoms with E-state index in [1.54, 1.807) is 7.11 Å². The molecule has 0 radical (unpaired) electrons. The zero-order valence-electron chi connectivity index (χ0n) is 12.0. The number of amides is 1. The lowest BCUT2D eigenvalue weighted by Gasteiger charge is -2.29. The molecule has 2 N–H and O–H groups in total. The largest absolute Gasteiger partial charge is 0.497 e. The number of nitrogens with zero attached hydrogens (tertiary/aromatic N) is 2. The molecule has 0 saturated heterocycles. The minimum Gasteiger partial charge on any atom is -0.497 e. The van der Waals surface area contributed by atoms with Gasteiger partial charge < -0.3 is 15.4 Å². The maximum absolute atomic E-state index is 12.8. The number of hydrogen-bond acceptors (Lipinski definition) is 5. The number of hydrogen-bond donors (Lipinski definition) is 1. The van der Waals surface area contributed by atoms with Crippen molar-refractivity contribution in [2.75, 3.05) is 24.3 Å². The van der Waals surface area contributed by atoms with Crippen molar-refractivity contribution in [1.82, 2.24) is 4.98 Å². The average molecular weight is 303 g/mol. The molecule has 3 rings (SSSR count). The molecule has 2 heterocycles. The first-order valence-corrected chi connectivity index (χ1v) is 7.63. The number of nitrogen functional groups attached to an aromatic ring is 1. The smallest absolute Gasteiger partial charge is 0.270 e. The highest BCUT2D eigenvalue weighted by Gasteiger charge is 2.26. The van der Waals surface area contributed by atoms with Gasteiger partial charge in [-0.1, -0.05) is 11.3 Å². The van der Waals surface area contributed by atoms with Gasteiger partial charge in [0.2, 0.25) is 0 Å². The fraction of sp³-hybridized carbons (Fsp3) is 0.333. The number of benzene rings is 1. The van der Waals surface area contributed by atoms with Crippen LogP contribution >= 0.6 is 11.3 Å². The number of rotatable bonds is 2. The van der Waals surface area contributed by atoms with Crippen LogP contribution in [0.25, 0.3) is 0 Å². The van der Waals surface area contributed by atoms with Gasteiger partial charge in [0.15, 0.2) is 5.13 Å². The summed E-state index contributed by atoms with van der Waals surface area (Å²) in [6, 6.07) is 5.84. The maximum Gasteiger partial charge on any atom is 0.270 e. The Kier molecular flexibility index (Phi) is 3.55. The van der Waals surface area contributed by atoms with Crippen LogP contribution in [0.15, 0.2) is 18.2 Å². The van der Waals surface area contributed by atoms with E-state index in [1.807, 2.05) is 30.0 Å². The van der Waals surface area contributed by atoms with E-state index >= 15 is 0 Å². The maximum atomic E-state index is 12.8. The number of carbonyl (C=O) groups is 1. The van der Waals surface area contributed by atoms with Gasteiger partial charge in [0.05, 0.1) is 12.8 Å². The lowest BCUT2D eigenvalue weighted by atomic mass is 10.0. The number of carbonyl (C=O) groups excluding carboxylic acids is 1. The molecule has 0 aliphatic carbocycles. The van der Waals surface area contributed by atoms with Gasteiger partial charge in [0.25, 0.3) is 5.91 Å². The van der Waals surface area contributed by atoms with Gasteiger partial charge in [-0.05, 0) is 43.5 Å². The van der Waals surface area contributed by atoms with Crippen molar-refractivity contribution in [3.63, 3.8) is 0 Å². The summed E-state index contributed by atoms with van der Waals surface area (Å²) in [6.45, 7) is 2.54. The number of nitrogens with two attached hydrogens (primary N) is 1. The predicted molar refractivity (Wildman–Crippen MR) is 84.3 cm³/mol. The van der Waals surface area contributed by atoms with Crippen LogP contribution in [-0.4, -0.2) is 24.5 Å². The molecule has 5 nitrogen and oxygen atoms in total. The molecular formula is C15H17N3O2S. The molecular weight excluding hydrogens is 286 g/mol. The van der Waals surface area contributed by atoms with Crippen molar-refractivity contribution in [3.8, 4) is 5.75 Å². The van der Waals surface area contributed by atoms with E-state index < -0.39 is 0 Å². The van der Waals surface area contributed by atoms with Crippen LogP contribution in [0, 0.1) is 6.92 Å². The fourth-order valence-electron chi connectivity index (χ4n) is 2.65. The molecule has 1 aromatic carbocycles.